The lowest BCUT2D eigenvalue weighted by atomic mass is 10.3. The molecule has 6 nitrogen and oxygen atoms in total. The first-order chi connectivity index (χ1) is 8.08. The first kappa shape index (κ1) is 12.4. The van der Waals surface area contributed by atoms with Crippen LogP contribution in [0.2, 0.25) is 0 Å². The number of hydrogen-bond acceptors (Lipinski definition) is 5. The zero-order valence-electron chi connectivity index (χ0n) is 8.99. The summed E-state index contributed by atoms with van der Waals surface area (Å²) in [4.78, 5) is 0. The molecule has 0 heterocycles. The van der Waals surface area contributed by atoms with Gasteiger partial charge < -0.3 is 10.5 Å². The molecule has 1 rings (SSSR count). The van der Waals surface area contributed by atoms with E-state index in [1.165, 1.54) is 25.3 Å². The van der Waals surface area contributed by atoms with Crippen molar-refractivity contribution in [1.29, 1.82) is 10.7 Å². The first-order valence-electron chi connectivity index (χ1n) is 4.50. The van der Waals surface area contributed by atoms with Crippen LogP contribution in [0.15, 0.2) is 23.3 Å². The molecule has 7 heteroatoms. The maximum atomic E-state index is 13.3. The molecular weight excluding hydrogens is 225 g/mol. The Balaban J connectivity index is 2.96. The number of amidine groups is 1. The van der Waals surface area contributed by atoms with Gasteiger partial charge in [0.25, 0.3) is 0 Å². The third-order valence-corrected chi connectivity index (χ3v) is 1.82. The number of anilines is 1. The van der Waals surface area contributed by atoms with E-state index in [1.807, 2.05) is 0 Å². The van der Waals surface area contributed by atoms with E-state index in [0.29, 0.717) is 5.75 Å². The largest absolute Gasteiger partial charge is 0.497 e. The van der Waals surface area contributed by atoms with E-state index in [0.717, 1.165) is 0 Å². The number of nitrogens with two attached hydrogens (primary N) is 1. The molecule has 0 spiro atoms. The second-order valence-corrected chi connectivity index (χ2v) is 2.94. The van der Waals surface area contributed by atoms with Gasteiger partial charge >= 0.3 is 0 Å². The van der Waals surface area contributed by atoms with E-state index in [1.54, 1.807) is 6.07 Å². The predicted molar refractivity (Wildman–Crippen MR) is 61.5 cm³/mol. The molecule has 0 fully saturated rings. The number of rotatable bonds is 4. The van der Waals surface area contributed by atoms with E-state index >= 15 is 0 Å². The lowest BCUT2D eigenvalue weighted by Gasteiger charge is -2.05. The molecule has 0 saturated carbocycles. The molecule has 0 aromatic heterocycles. The number of methoxy groups -OCH3 is 1. The molecule has 0 amide bonds. The molecule has 0 bridgehead atoms. The smallest absolute Gasteiger partial charge is 0.201 e. The lowest BCUT2D eigenvalue weighted by Crippen LogP contribution is -2.22. The van der Waals surface area contributed by atoms with Gasteiger partial charge in [-0.05, 0) is 12.1 Å². The van der Waals surface area contributed by atoms with Gasteiger partial charge in [-0.3, -0.25) is 10.8 Å². The van der Waals surface area contributed by atoms with Crippen molar-refractivity contribution in [2.75, 3.05) is 12.5 Å². The van der Waals surface area contributed by atoms with Crippen molar-refractivity contribution in [1.82, 2.24) is 0 Å². The summed E-state index contributed by atoms with van der Waals surface area (Å²) in [5.74, 6) is -0.621. The number of hydrazone groups is 1. The monoisotopic (exact) mass is 235 g/mol. The molecule has 0 saturated heterocycles. The van der Waals surface area contributed by atoms with Crippen molar-refractivity contribution in [2.45, 2.75) is 0 Å². The van der Waals surface area contributed by atoms with Crippen molar-refractivity contribution in [3.63, 3.8) is 0 Å². The van der Waals surface area contributed by atoms with Gasteiger partial charge in [-0.25, -0.2) is 4.39 Å². The van der Waals surface area contributed by atoms with Crippen LogP contribution in [-0.4, -0.2) is 18.7 Å². The molecule has 1 aromatic carbocycles. The third-order valence-electron chi connectivity index (χ3n) is 1.82. The van der Waals surface area contributed by atoms with Crippen LogP contribution in [0, 0.1) is 22.6 Å². The molecule has 1 aromatic rings. The van der Waals surface area contributed by atoms with E-state index in [9.17, 15) is 4.39 Å². The SMILES string of the molecule is COc1ccc(F)c(N/N=C(\C#N)C(=N)N)c1. The fourth-order valence-electron chi connectivity index (χ4n) is 0.979. The minimum absolute atomic E-state index is 0.0262. The van der Waals surface area contributed by atoms with Crippen LogP contribution in [0.1, 0.15) is 0 Å². The van der Waals surface area contributed by atoms with Crippen LogP contribution >= 0.6 is 0 Å². The van der Waals surface area contributed by atoms with E-state index in [4.69, 9.17) is 21.1 Å². The summed E-state index contributed by atoms with van der Waals surface area (Å²) in [5.41, 5.74) is 7.09. The molecule has 0 aliphatic heterocycles. The Kier molecular flexibility index (Phi) is 4.00. The van der Waals surface area contributed by atoms with Crippen LogP contribution in [-0.2, 0) is 0 Å². The van der Waals surface area contributed by atoms with Crippen LogP contribution in [0.25, 0.3) is 0 Å². The normalized spacial score (nSPS) is 10.5. The van der Waals surface area contributed by atoms with Crippen molar-refractivity contribution in [3.05, 3.63) is 24.0 Å². The number of hydrogen-bond donors (Lipinski definition) is 3. The Morgan fingerprint density at radius 2 is 2.35 bits per heavy atom. The van der Waals surface area contributed by atoms with Gasteiger partial charge in [0.2, 0.25) is 5.71 Å². The molecule has 0 radical (unpaired) electrons. The topological polar surface area (TPSA) is 107 Å². The number of nitrogens with one attached hydrogen (secondary N) is 2. The zero-order valence-corrected chi connectivity index (χ0v) is 8.99. The minimum Gasteiger partial charge on any atom is -0.497 e. The van der Waals surface area contributed by atoms with Crippen molar-refractivity contribution >= 4 is 17.2 Å². The molecular formula is C10H10FN5O. The molecule has 4 N–H and O–H groups in total. The quantitative estimate of drug-likeness (QED) is 0.412. The predicted octanol–water partition coefficient (Wildman–Crippen LogP) is 1.06. The second kappa shape index (κ2) is 5.46. The Morgan fingerprint density at radius 3 is 2.88 bits per heavy atom. The highest BCUT2D eigenvalue weighted by atomic mass is 19.1. The maximum absolute atomic E-state index is 13.3. The molecule has 0 atom stereocenters. The Hall–Kier alpha value is -2.62. The van der Waals surface area contributed by atoms with E-state index in [-0.39, 0.29) is 11.4 Å². The van der Waals surface area contributed by atoms with Gasteiger partial charge in [-0.2, -0.15) is 10.4 Å². The van der Waals surface area contributed by atoms with Crippen molar-refractivity contribution in [3.8, 4) is 11.8 Å². The van der Waals surface area contributed by atoms with Gasteiger partial charge in [0.05, 0.1) is 12.8 Å². The number of nitriles is 1. The number of halogens is 1. The highest BCUT2D eigenvalue weighted by molar-refractivity contribution is 6.45. The van der Waals surface area contributed by atoms with Crippen LogP contribution in [0.4, 0.5) is 10.1 Å². The zero-order chi connectivity index (χ0) is 12.8. The van der Waals surface area contributed by atoms with Gasteiger partial charge in [0.15, 0.2) is 5.84 Å². The molecule has 88 valence electrons. The summed E-state index contributed by atoms with van der Waals surface area (Å²) in [5, 5.41) is 19.1. The second-order valence-electron chi connectivity index (χ2n) is 2.94. The van der Waals surface area contributed by atoms with Crippen molar-refractivity contribution < 1.29 is 9.13 Å². The summed E-state index contributed by atoms with van der Waals surface area (Å²) in [6.45, 7) is 0. The summed E-state index contributed by atoms with van der Waals surface area (Å²) in [6, 6.07) is 5.61. The Morgan fingerprint density at radius 1 is 1.65 bits per heavy atom. The standard InChI is InChI=1S/C10H10FN5O/c1-17-6-2-3-7(11)8(4-6)15-16-9(5-12)10(13)14/h2-4,15H,1H3,(H3,13,14)/b16-9+. The number of nitrogens with zero attached hydrogens (tertiary/aromatic N) is 2. The van der Waals surface area contributed by atoms with Crippen LogP contribution in [0.3, 0.4) is 0 Å². The van der Waals surface area contributed by atoms with Crippen LogP contribution in [0.5, 0.6) is 5.75 Å². The summed E-state index contributed by atoms with van der Waals surface area (Å²) in [6.07, 6.45) is 0. The highest BCUT2D eigenvalue weighted by Crippen LogP contribution is 2.20. The fraction of sp³-hybridized carbons (Fsp3) is 0.100. The van der Waals surface area contributed by atoms with Crippen LogP contribution < -0.4 is 15.9 Å². The average molecular weight is 235 g/mol. The molecule has 0 aliphatic carbocycles. The van der Waals surface area contributed by atoms with Crippen molar-refractivity contribution in [2.24, 2.45) is 10.8 Å². The van der Waals surface area contributed by atoms with E-state index in [2.05, 4.69) is 10.5 Å². The first-order valence-corrected chi connectivity index (χ1v) is 4.50. The molecule has 0 aliphatic rings. The number of benzene rings is 1. The average Bonchev–Trinajstić information content (AvgIpc) is 2.31. The summed E-state index contributed by atoms with van der Waals surface area (Å²) < 4.78 is 18.2. The third kappa shape index (κ3) is 3.17. The van der Waals surface area contributed by atoms with E-state index < -0.39 is 11.7 Å². The van der Waals surface area contributed by atoms with Gasteiger partial charge in [-0.1, -0.05) is 0 Å². The maximum Gasteiger partial charge on any atom is 0.201 e. The Labute approximate surface area is 97.0 Å². The van der Waals surface area contributed by atoms with Gasteiger partial charge in [-0.15, -0.1) is 0 Å². The summed E-state index contributed by atoms with van der Waals surface area (Å²) in [7, 11) is 1.44. The lowest BCUT2D eigenvalue weighted by molar-refractivity contribution is 0.414. The highest BCUT2D eigenvalue weighted by Gasteiger charge is 2.05. The molecule has 17 heavy (non-hydrogen) atoms. The molecule has 0 unspecified atom stereocenters. The fourth-order valence-corrected chi connectivity index (χ4v) is 0.979. The Bertz CT molecular complexity index is 506. The summed E-state index contributed by atoms with van der Waals surface area (Å²) >= 11 is 0. The van der Waals surface area contributed by atoms with Gasteiger partial charge in [0, 0.05) is 6.07 Å². The van der Waals surface area contributed by atoms with Gasteiger partial charge in [0.1, 0.15) is 17.6 Å². The number of ether oxygens (including phenoxy) is 1. The minimum atomic E-state index is -0.560.